The Morgan fingerprint density at radius 2 is 1.90 bits per heavy atom. The van der Waals surface area contributed by atoms with Crippen LogP contribution in [-0.4, -0.2) is 61.6 Å². The molecule has 1 aromatic carbocycles. The Morgan fingerprint density at radius 1 is 1.07 bits per heavy atom. The van der Waals surface area contributed by atoms with Crippen molar-refractivity contribution in [1.29, 1.82) is 0 Å². The number of benzene rings is 1. The molecular formula is C23H31N5O. The van der Waals surface area contributed by atoms with Crippen molar-refractivity contribution in [2.24, 2.45) is 0 Å². The third-order valence-electron chi connectivity index (χ3n) is 5.87. The summed E-state index contributed by atoms with van der Waals surface area (Å²) in [7, 11) is 0. The molecule has 2 aromatic rings. The molecule has 0 aliphatic carbocycles. The number of carbonyl (C=O) groups excluding carboxylic acids is 1. The highest BCUT2D eigenvalue weighted by Gasteiger charge is 2.21. The predicted octanol–water partition coefficient (Wildman–Crippen LogP) is 2.45. The molecule has 2 N–H and O–H groups in total. The van der Waals surface area contributed by atoms with Crippen LogP contribution in [0.2, 0.25) is 0 Å². The number of amides is 1. The van der Waals surface area contributed by atoms with Crippen LogP contribution in [0.1, 0.15) is 41.2 Å². The number of aromatic nitrogens is 1. The van der Waals surface area contributed by atoms with Crippen LogP contribution in [0.4, 0.5) is 5.82 Å². The van der Waals surface area contributed by atoms with E-state index in [0.717, 1.165) is 45.1 Å². The van der Waals surface area contributed by atoms with Gasteiger partial charge in [0.1, 0.15) is 5.82 Å². The molecular weight excluding hydrogens is 362 g/mol. The minimum Gasteiger partial charge on any atom is -0.353 e. The maximum absolute atomic E-state index is 12.4. The Labute approximate surface area is 173 Å². The van der Waals surface area contributed by atoms with Crippen LogP contribution in [-0.2, 0) is 0 Å². The fourth-order valence-electron chi connectivity index (χ4n) is 4.19. The van der Waals surface area contributed by atoms with Gasteiger partial charge in [-0.2, -0.15) is 0 Å². The maximum atomic E-state index is 12.4. The number of nitrogens with one attached hydrogen (secondary N) is 2. The lowest BCUT2D eigenvalue weighted by Gasteiger charge is -2.34. The zero-order chi connectivity index (χ0) is 19.9. The zero-order valence-corrected chi connectivity index (χ0v) is 17.0. The first-order chi connectivity index (χ1) is 14.3. The lowest BCUT2D eigenvalue weighted by molar-refractivity contribution is 0.0946. The van der Waals surface area contributed by atoms with E-state index in [1.54, 1.807) is 6.20 Å². The van der Waals surface area contributed by atoms with Gasteiger partial charge in [-0.1, -0.05) is 36.8 Å². The molecule has 0 saturated carbocycles. The zero-order valence-electron chi connectivity index (χ0n) is 17.0. The minimum absolute atomic E-state index is 0.0384. The van der Waals surface area contributed by atoms with Crippen molar-refractivity contribution < 1.29 is 4.79 Å². The monoisotopic (exact) mass is 393 g/mol. The highest BCUT2D eigenvalue weighted by atomic mass is 16.1. The Kier molecular flexibility index (Phi) is 6.75. The predicted molar refractivity (Wildman–Crippen MR) is 116 cm³/mol. The van der Waals surface area contributed by atoms with Crippen molar-refractivity contribution in [3.05, 3.63) is 59.8 Å². The minimum atomic E-state index is -0.0384. The van der Waals surface area contributed by atoms with Crippen LogP contribution in [0, 0.1) is 0 Å². The number of likely N-dealkylation sites (tertiary alicyclic amines) is 1. The van der Waals surface area contributed by atoms with E-state index < -0.39 is 0 Å². The quantitative estimate of drug-likeness (QED) is 0.789. The largest absolute Gasteiger partial charge is 0.353 e. The molecule has 2 saturated heterocycles. The molecule has 1 aromatic heterocycles. The van der Waals surface area contributed by atoms with Crippen molar-refractivity contribution in [2.75, 3.05) is 50.7 Å². The highest BCUT2D eigenvalue weighted by molar-refractivity contribution is 5.94. The molecule has 3 heterocycles. The molecule has 2 aliphatic heterocycles. The number of carbonyl (C=O) groups is 1. The van der Waals surface area contributed by atoms with Gasteiger partial charge < -0.3 is 20.4 Å². The second-order valence-electron chi connectivity index (χ2n) is 7.93. The first-order valence-corrected chi connectivity index (χ1v) is 10.8. The van der Waals surface area contributed by atoms with Gasteiger partial charge in [0.05, 0.1) is 5.56 Å². The summed E-state index contributed by atoms with van der Waals surface area (Å²) in [6, 6.07) is 14.7. The van der Waals surface area contributed by atoms with Gasteiger partial charge in [0, 0.05) is 45.0 Å². The summed E-state index contributed by atoms with van der Waals surface area (Å²) in [6.45, 7) is 6.63. The SMILES string of the molecule is O=C(NCCN1CCCCC1)c1ccc(N2CCNC(c3ccccc3)C2)nc1. The van der Waals surface area contributed by atoms with Crippen molar-refractivity contribution in [1.82, 2.24) is 20.5 Å². The summed E-state index contributed by atoms with van der Waals surface area (Å²) in [6.07, 6.45) is 5.58. The topological polar surface area (TPSA) is 60.5 Å². The number of pyridine rings is 1. The summed E-state index contributed by atoms with van der Waals surface area (Å²) in [5, 5.41) is 6.61. The standard InChI is InChI=1S/C23H31N5O/c29-23(25-11-15-27-13-5-2-6-14-27)20-9-10-22(26-17-20)28-16-12-24-21(18-28)19-7-3-1-4-8-19/h1,3-4,7-10,17,21,24H,2,5-6,11-16,18H2,(H,25,29). The smallest absolute Gasteiger partial charge is 0.252 e. The van der Waals surface area contributed by atoms with E-state index in [2.05, 4.69) is 49.7 Å². The van der Waals surface area contributed by atoms with E-state index in [0.29, 0.717) is 18.2 Å². The number of rotatable bonds is 6. The number of anilines is 1. The molecule has 2 fully saturated rings. The first kappa shape index (κ1) is 19.9. The van der Waals surface area contributed by atoms with Gasteiger partial charge in [0.25, 0.3) is 5.91 Å². The number of piperazine rings is 1. The number of nitrogens with zero attached hydrogens (tertiary/aromatic N) is 3. The van der Waals surface area contributed by atoms with E-state index in [9.17, 15) is 4.79 Å². The lowest BCUT2D eigenvalue weighted by atomic mass is 10.0. The third-order valence-corrected chi connectivity index (χ3v) is 5.87. The summed E-state index contributed by atoms with van der Waals surface area (Å²) < 4.78 is 0. The molecule has 1 amide bonds. The fourth-order valence-corrected chi connectivity index (χ4v) is 4.19. The Morgan fingerprint density at radius 3 is 2.66 bits per heavy atom. The van der Waals surface area contributed by atoms with Crippen LogP contribution >= 0.6 is 0 Å². The molecule has 1 unspecified atom stereocenters. The van der Waals surface area contributed by atoms with Gasteiger partial charge >= 0.3 is 0 Å². The van der Waals surface area contributed by atoms with E-state index in [-0.39, 0.29) is 5.91 Å². The van der Waals surface area contributed by atoms with E-state index >= 15 is 0 Å². The second kappa shape index (κ2) is 9.85. The third kappa shape index (κ3) is 5.34. The Hall–Kier alpha value is -2.44. The Bertz CT molecular complexity index is 774. The summed E-state index contributed by atoms with van der Waals surface area (Å²) in [4.78, 5) is 21.7. The van der Waals surface area contributed by atoms with Crippen LogP contribution in [0.5, 0.6) is 0 Å². The van der Waals surface area contributed by atoms with Gasteiger partial charge in [0.15, 0.2) is 0 Å². The van der Waals surface area contributed by atoms with Crippen molar-refractivity contribution in [3.63, 3.8) is 0 Å². The van der Waals surface area contributed by atoms with Crippen LogP contribution in [0.15, 0.2) is 48.7 Å². The lowest BCUT2D eigenvalue weighted by Crippen LogP contribution is -2.46. The number of piperidine rings is 1. The number of hydrogen-bond acceptors (Lipinski definition) is 5. The average Bonchev–Trinajstić information content (AvgIpc) is 2.80. The van der Waals surface area contributed by atoms with Crippen molar-refractivity contribution in [2.45, 2.75) is 25.3 Å². The molecule has 1 atom stereocenters. The summed E-state index contributed by atoms with van der Waals surface area (Å²) in [5.74, 6) is 0.890. The van der Waals surface area contributed by atoms with Crippen molar-refractivity contribution in [3.8, 4) is 0 Å². The Balaban J connectivity index is 1.29. The number of hydrogen-bond donors (Lipinski definition) is 2. The molecule has 2 aliphatic rings. The van der Waals surface area contributed by atoms with E-state index in [1.165, 1.54) is 24.8 Å². The van der Waals surface area contributed by atoms with Crippen LogP contribution in [0.3, 0.4) is 0 Å². The van der Waals surface area contributed by atoms with Crippen molar-refractivity contribution >= 4 is 11.7 Å². The van der Waals surface area contributed by atoms with Crippen LogP contribution in [0.25, 0.3) is 0 Å². The molecule has 29 heavy (non-hydrogen) atoms. The first-order valence-electron chi connectivity index (χ1n) is 10.8. The van der Waals surface area contributed by atoms with Gasteiger partial charge in [-0.05, 0) is 43.6 Å². The molecule has 0 radical (unpaired) electrons. The fraction of sp³-hybridized carbons (Fsp3) is 0.478. The van der Waals surface area contributed by atoms with E-state index in [1.807, 2.05) is 18.2 Å². The molecule has 154 valence electrons. The summed E-state index contributed by atoms with van der Waals surface area (Å²) >= 11 is 0. The molecule has 6 nitrogen and oxygen atoms in total. The summed E-state index contributed by atoms with van der Waals surface area (Å²) in [5.41, 5.74) is 1.92. The molecule has 4 rings (SSSR count). The van der Waals surface area contributed by atoms with Gasteiger partial charge in [0.2, 0.25) is 0 Å². The molecule has 0 spiro atoms. The maximum Gasteiger partial charge on any atom is 0.252 e. The highest BCUT2D eigenvalue weighted by Crippen LogP contribution is 2.21. The van der Waals surface area contributed by atoms with Gasteiger partial charge in [-0.3, -0.25) is 4.79 Å². The van der Waals surface area contributed by atoms with Crippen LogP contribution < -0.4 is 15.5 Å². The molecule has 6 heteroatoms. The average molecular weight is 394 g/mol. The van der Waals surface area contributed by atoms with Gasteiger partial charge in [-0.15, -0.1) is 0 Å². The molecule has 0 bridgehead atoms. The van der Waals surface area contributed by atoms with Gasteiger partial charge in [-0.25, -0.2) is 4.98 Å². The normalized spacial score (nSPS) is 20.4. The second-order valence-corrected chi connectivity index (χ2v) is 7.93. The van der Waals surface area contributed by atoms with E-state index in [4.69, 9.17) is 0 Å².